The van der Waals surface area contributed by atoms with Gasteiger partial charge in [0.1, 0.15) is 5.92 Å². The quantitative estimate of drug-likeness (QED) is 0.872. The van der Waals surface area contributed by atoms with Gasteiger partial charge in [-0.2, -0.15) is 9.67 Å². The number of halogens is 1. The van der Waals surface area contributed by atoms with Crippen LogP contribution >= 0.6 is 11.6 Å². The Morgan fingerprint density at radius 3 is 2.95 bits per heavy atom. The maximum absolute atomic E-state index is 12.5. The molecule has 1 N–H and O–H groups in total. The van der Waals surface area contributed by atoms with Crippen LogP contribution in [0.1, 0.15) is 23.2 Å². The number of fused-ring (bicyclic) bond motifs is 1. The number of hydrogen-bond acceptors (Lipinski definition) is 5. The molecule has 0 saturated heterocycles. The van der Waals surface area contributed by atoms with Crippen molar-refractivity contribution in [2.45, 2.75) is 12.8 Å². The molecule has 0 aliphatic carbocycles. The summed E-state index contributed by atoms with van der Waals surface area (Å²) in [5.74, 6) is -1.90. The molecule has 21 heavy (non-hydrogen) atoms. The molecule has 108 valence electrons. The SMILES string of the molecule is CCOc1nc2n(n1)C(=O)C(c1cccc(Cl)c1)C(=O)N2. The number of nitrogens with zero attached hydrogens (tertiary/aromatic N) is 3. The molecule has 0 radical (unpaired) electrons. The molecular formula is C13H11ClN4O3. The molecule has 1 aromatic heterocycles. The number of nitrogens with one attached hydrogen (secondary N) is 1. The van der Waals surface area contributed by atoms with Crippen molar-refractivity contribution < 1.29 is 14.3 Å². The first-order valence-corrected chi connectivity index (χ1v) is 6.68. The largest absolute Gasteiger partial charge is 0.463 e. The Kier molecular flexibility index (Phi) is 3.34. The molecule has 3 rings (SSSR count). The third-order valence-electron chi connectivity index (χ3n) is 3.00. The lowest BCUT2D eigenvalue weighted by Gasteiger charge is -2.20. The second kappa shape index (κ2) is 5.17. The monoisotopic (exact) mass is 306 g/mol. The number of ether oxygens (including phenoxy) is 1. The topological polar surface area (TPSA) is 86.1 Å². The van der Waals surface area contributed by atoms with Crippen LogP contribution in [-0.2, 0) is 4.79 Å². The summed E-state index contributed by atoms with van der Waals surface area (Å²) in [5.41, 5.74) is 0.504. The molecule has 0 spiro atoms. The summed E-state index contributed by atoms with van der Waals surface area (Å²) in [7, 11) is 0. The predicted octanol–water partition coefficient (Wildman–Crippen LogP) is 1.71. The maximum Gasteiger partial charge on any atom is 0.337 e. The lowest BCUT2D eigenvalue weighted by molar-refractivity contribution is -0.117. The number of rotatable bonds is 3. The highest BCUT2D eigenvalue weighted by molar-refractivity contribution is 6.30. The van der Waals surface area contributed by atoms with E-state index in [2.05, 4.69) is 15.4 Å². The Morgan fingerprint density at radius 1 is 1.43 bits per heavy atom. The molecule has 0 bridgehead atoms. The number of amides is 1. The van der Waals surface area contributed by atoms with Gasteiger partial charge in [0.2, 0.25) is 11.9 Å². The molecule has 1 unspecified atom stereocenters. The van der Waals surface area contributed by atoms with Crippen LogP contribution < -0.4 is 10.1 Å². The van der Waals surface area contributed by atoms with Gasteiger partial charge >= 0.3 is 6.01 Å². The van der Waals surface area contributed by atoms with Crippen LogP contribution in [-0.4, -0.2) is 33.2 Å². The molecule has 7 nitrogen and oxygen atoms in total. The van der Waals surface area contributed by atoms with Crippen LogP contribution in [0.2, 0.25) is 5.02 Å². The fraction of sp³-hybridized carbons (Fsp3) is 0.231. The number of aromatic nitrogens is 3. The molecule has 0 saturated carbocycles. The van der Waals surface area contributed by atoms with Crippen LogP contribution in [0.5, 0.6) is 6.01 Å². The average Bonchev–Trinajstić information content (AvgIpc) is 2.82. The van der Waals surface area contributed by atoms with Gasteiger partial charge in [-0.25, -0.2) is 0 Å². The normalized spacial score (nSPS) is 17.3. The number of benzene rings is 1. The zero-order chi connectivity index (χ0) is 15.0. The van der Waals surface area contributed by atoms with Gasteiger partial charge < -0.3 is 4.74 Å². The fourth-order valence-corrected chi connectivity index (χ4v) is 2.31. The molecule has 8 heteroatoms. The van der Waals surface area contributed by atoms with Crippen molar-refractivity contribution >= 4 is 29.4 Å². The van der Waals surface area contributed by atoms with Gasteiger partial charge in [-0.1, -0.05) is 23.7 Å². The van der Waals surface area contributed by atoms with Crippen molar-refractivity contribution in [3.05, 3.63) is 34.9 Å². The summed E-state index contributed by atoms with van der Waals surface area (Å²) < 4.78 is 6.17. The van der Waals surface area contributed by atoms with Gasteiger partial charge in [-0.15, -0.1) is 5.10 Å². The van der Waals surface area contributed by atoms with E-state index in [4.69, 9.17) is 16.3 Å². The van der Waals surface area contributed by atoms with Crippen molar-refractivity contribution in [3.63, 3.8) is 0 Å². The van der Waals surface area contributed by atoms with Gasteiger partial charge in [0.25, 0.3) is 5.91 Å². The predicted molar refractivity (Wildman–Crippen MR) is 74.6 cm³/mol. The second-order valence-electron chi connectivity index (χ2n) is 4.38. The first-order chi connectivity index (χ1) is 10.1. The van der Waals surface area contributed by atoms with E-state index in [1.807, 2.05) is 0 Å². The molecule has 1 atom stereocenters. The number of carbonyl (C=O) groups excluding carboxylic acids is 2. The Morgan fingerprint density at radius 2 is 2.24 bits per heavy atom. The van der Waals surface area contributed by atoms with Crippen LogP contribution in [0.25, 0.3) is 0 Å². The number of anilines is 1. The molecule has 1 aliphatic rings. The summed E-state index contributed by atoms with van der Waals surface area (Å²) in [6.45, 7) is 2.14. The van der Waals surface area contributed by atoms with E-state index in [1.54, 1.807) is 31.2 Å². The summed E-state index contributed by atoms with van der Waals surface area (Å²) in [6.07, 6.45) is 0. The smallest absolute Gasteiger partial charge is 0.337 e. The van der Waals surface area contributed by atoms with Gasteiger partial charge in [-0.3, -0.25) is 14.9 Å². The van der Waals surface area contributed by atoms with E-state index < -0.39 is 17.7 Å². The van der Waals surface area contributed by atoms with Crippen LogP contribution in [0.15, 0.2) is 24.3 Å². The van der Waals surface area contributed by atoms with E-state index in [0.29, 0.717) is 17.2 Å². The second-order valence-corrected chi connectivity index (χ2v) is 4.81. The first kappa shape index (κ1) is 13.6. The Labute approximate surface area is 124 Å². The van der Waals surface area contributed by atoms with Crippen molar-refractivity contribution in [2.24, 2.45) is 0 Å². The van der Waals surface area contributed by atoms with Crippen molar-refractivity contribution in [2.75, 3.05) is 11.9 Å². The molecule has 1 aromatic carbocycles. The van der Waals surface area contributed by atoms with Crippen LogP contribution in [0, 0.1) is 0 Å². The van der Waals surface area contributed by atoms with E-state index in [9.17, 15) is 9.59 Å². The van der Waals surface area contributed by atoms with Crippen molar-refractivity contribution in [1.82, 2.24) is 14.8 Å². The van der Waals surface area contributed by atoms with E-state index in [0.717, 1.165) is 4.68 Å². The zero-order valence-corrected chi connectivity index (χ0v) is 11.8. The Hall–Kier alpha value is -2.41. The maximum atomic E-state index is 12.5. The standard InChI is InChI=1S/C13H11ClN4O3/c1-2-21-13-16-12-15-10(19)9(11(20)18(12)17-13)7-4-3-5-8(14)6-7/h3-6,9H,2H2,1H3,(H,15,16,17,19). The van der Waals surface area contributed by atoms with E-state index in [1.165, 1.54) is 0 Å². The molecule has 1 amide bonds. The third-order valence-corrected chi connectivity index (χ3v) is 3.23. The number of hydrogen-bond donors (Lipinski definition) is 1. The molecule has 0 fully saturated rings. The Bertz CT molecular complexity index is 728. The van der Waals surface area contributed by atoms with Gasteiger partial charge in [-0.05, 0) is 24.6 Å². The lowest BCUT2D eigenvalue weighted by atomic mass is 9.96. The van der Waals surface area contributed by atoms with Crippen LogP contribution in [0.4, 0.5) is 5.95 Å². The van der Waals surface area contributed by atoms with Crippen molar-refractivity contribution in [1.29, 1.82) is 0 Å². The fourth-order valence-electron chi connectivity index (χ4n) is 2.11. The summed E-state index contributed by atoms with van der Waals surface area (Å²) in [5, 5.41) is 6.94. The minimum absolute atomic E-state index is 0.0490. The number of carbonyl (C=O) groups is 2. The van der Waals surface area contributed by atoms with Crippen molar-refractivity contribution in [3.8, 4) is 6.01 Å². The summed E-state index contributed by atoms with van der Waals surface area (Å²) in [4.78, 5) is 28.5. The van der Waals surface area contributed by atoms with E-state index in [-0.39, 0.29) is 12.0 Å². The lowest BCUT2D eigenvalue weighted by Crippen LogP contribution is -2.38. The molecule has 1 aliphatic heterocycles. The van der Waals surface area contributed by atoms with Gasteiger partial charge in [0, 0.05) is 5.02 Å². The highest BCUT2D eigenvalue weighted by atomic mass is 35.5. The molecule has 2 heterocycles. The highest BCUT2D eigenvalue weighted by Gasteiger charge is 2.38. The first-order valence-electron chi connectivity index (χ1n) is 6.30. The average molecular weight is 307 g/mol. The Balaban J connectivity index is 2.01. The molecular weight excluding hydrogens is 296 g/mol. The minimum Gasteiger partial charge on any atom is -0.463 e. The molecule has 2 aromatic rings. The van der Waals surface area contributed by atoms with E-state index >= 15 is 0 Å². The summed E-state index contributed by atoms with van der Waals surface area (Å²) in [6, 6.07) is 6.65. The summed E-state index contributed by atoms with van der Waals surface area (Å²) >= 11 is 5.91. The third kappa shape index (κ3) is 2.36. The van der Waals surface area contributed by atoms with Gasteiger partial charge in [0.05, 0.1) is 6.61 Å². The highest BCUT2D eigenvalue weighted by Crippen LogP contribution is 2.28. The zero-order valence-electron chi connectivity index (χ0n) is 11.0. The minimum atomic E-state index is -1.01. The van der Waals surface area contributed by atoms with Crippen LogP contribution in [0.3, 0.4) is 0 Å². The van der Waals surface area contributed by atoms with Gasteiger partial charge in [0.15, 0.2) is 0 Å².